The molecule has 172 valence electrons. The van der Waals surface area contributed by atoms with Crippen LogP contribution in [-0.2, 0) is 28.1 Å². The Balaban J connectivity index is 2.22. The van der Waals surface area contributed by atoms with Crippen molar-refractivity contribution in [1.29, 1.82) is 0 Å². The third kappa shape index (κ3) is 9.48. The summed E-state index contributed by atoms with van der Waals surface area (Å²) in [6.07, 6.45) is -2.91. The average molecular weight is 443 g/mol. The molecule has 1 aliphatic rings. The number of unbranched alkanes of at least 4 members (excludes halogenated alkanes) is 1. The molecule has 1 saturated heterocycles. The largest absolute Gasteiger partial charge is 0.394 e. The van der Waals surface area contributed by atoms with E-state index in [1.165, 1.54) is 14.2 Å². The van der Waals surface area contributed by atoms with E-state index >= 15 is 0 Å². The fraction of sp³-hybridized carbons (Fsp3) is 0.941. The van der Waals surface area contributed by atoms with Gasteiger partial charge in [0, 0.05) is 39.7 Å². The summed E-state index contributed by atoms with van der Waals surface area (Å²) in [7, 11) is 0.806. The minimum atomic E-state index is -2.01. The zero-order valence-electron chi connectivity index (χ0n) is 17.1. The summed E-state index contributed by atoms with van der Waals surface area (Å²) in [6.45, 7) is 1.97. The van der Waals surface area contributed by atoms with Crippen molar-refractivity contribution in [3.05, 3.63) is 0 Å². The summed E-state index contributed by atoms with van der Waals surface area (Å²) in [5, 5.41) is 31.7. The van der Waals surface area contributed by atoms with Gasteiger partial charge in [-0.2, -0.15) is 0 Å². The van der Waals surface area contributed by atoms with Crippen LogP contribution in [0.2, 0.25) is 0 Å². The summed E-state index contributed by atoms with van der Waals surface area (Å²) in [6, 6.07) is 0. The van der Waals surface area contributed by atoms with Crippen molar-refractivity contribution in [3.63, 3.8) is 0 Å². The molecule has 0 aromatic carbocycles. The SMILES string of the molecule is COCC(CNC(=O)CCCCO[C@@H]1OC(CO)[C@H](O)C(O)C1C)OP(O)OC. The van der Waals surface area contributed by atoms with Gasteiger partial charge in [-0.15, -0.1) is 0 Å². The van der Waals surface area contributed by atoms with Crippen LogP contribution in [0, 0.1) is 5.92 Å². The third-order valence-corrected chi connectivity index (χ3v) is 5.33. The van der Waals surface area contributed by atoms with Crippen LogP contribution in [0.5, 0.6) is 0 Å². The zero-order chi connectivity index (χ0) is 21.8. The highest BCUT2D eigenvalue weighted by Gasteiger charge is 2.42. The molecule has 7 atom stereocenters. The molecule has 1 rings (SSSR count). The van der Waals surface area contributed by atoms with Gasteiger partial charge in [0.25, 0.3) is 0 Å². The van der Waals surface area contributed by atoms with Crippen molar-refractivity contribution in [3.8, 4) is 0 Å². The number of aliphatic hydroxyl groups excluding tert-OH is 3. The lowest BCUT2D eigenvalue weighted by Crippen LogP contribution is -2.55. The van der Waals surface area contributed by atoms with E-state index in [0.717, 1.165) is 0 Å². The number of aliphatic hydroxyl groups is 3. The quantitative estimate of drug-likeness (QED) is 0.171. The van der Waals surface area contributed by atoms with E-state index in [2.05, 4.69) is 9.84 Å². The Morgan fingerprint density at radius 3 is 2.59 bits per heavy atom. The minimum Gasteiger partial charge on any atom is -0.394 e. The number of rotatable bonds is 14. The van der Waals surface area contributed by atoms with Gasteiger partial charge in [0.1, 0.15) is 18.3 Å². The lowest BCUT2D eigenvalue weighted by Gasteiger charge is -2.40. The number of carbonyl (C=O) groups is 1. The number of methoxy groups -OCH3 is 1. The van der Waals surface area contributed by atoms with Crippen LogP contribution in [-0.4, -0.2) is 97.4 Å². The molecule has 0 saturated carbocycles. The van der Waals surface area contributed by atoms with Gasteiger partial charge >= 0.3 is 8.60 Å². The van der Waals surface area contributed by atoms with E-state index in [4.69, 9.17) is 18.7 Å². The van der Waals surface area contributed by atoms with Crippen LogP contribution >= 0.6 is 8.60 Å². The van der Waals surface area contributed by atoms with Gasteiger partial charge in [0.2, 0.25) is 5.91 Å². The molecule has 0 aliphatic carbocycles. The second-order valence-electron chi connectivity index (χ2n) is 6.80. The normalized spacial score (nSPS) is 29.4. The van der Waals surface area contributed by atoms with Crippen molar-refractivity contribution >= 4 is 14.5 Å². The number of ether oxygens (including phenoxy) is 3. The van der Waals surface area contributed by atoms with E-state index in [1.807, 2.05) is 0 Å². The maximum atomic E-state index is 11.9. The summed E-state index contributed by atoms with van der Waals surface area (Å²) >= 11 is 0. The van der Waals surface area contributed by atoms with Gasteiger partial charge in [0.05, 0.1) is 19.3 Å². The Morgan fingerprint density at radius 2 is 1.97 bits per heavy atom. The maximum absolute atomic E-state index is 11.9. The van der Waals surface area contributed by atoms with E-state index in [1.54, 1.807) is 6.92 Å². The van der Waals surface area contributed by atoms with E-state index in [0.29, 0.717) is 19.4 Å². The van der Waals surface area contributed by atoms with Crippen LogP contribution in [0.15, 0.2) is 0 Å². The number of nitrogens with one attached hydrogen (secondary N) is 1. The van der Waals surface area contributed by atoms with Crippen LogP contribution in [0.3, 0.4) is 0 Å². The third-order valence-electron chi connectivity index (χ3n) is 4.54. The zero-order valence-corrected chi connectivity index (χ0v) is 18.0. The van der Waals surface area contributed by atoms with E-state index in [9.17, 15) is 25.0 Å². The smallest absolute Gasteiger partial charge is 0.329 e. The lowest BCUT2D eigenvalue weighted by atomic mass is 9.92. The maximum Gasteiger partial charge on any atom is 0.329 e. The Morgan fingerprint density at radius 1 is 1.24 bits per heavy atom. The topological polar surface area (TPSA) is 156 Å². The summed E-state index contributed by atoms with van der Waals surface area (Å²) in [4.78, 5) is 21.3. The molecule has 0 spiro atoms. The Hall–Kier alpha value is -0.460. The number of amides is 1. The van der Waals surface area contributed by atoms with Crippen LogP contribution in [0.4, 0.5) is 0 Å². The molecule has 0 radical (unpaired) electrons. The van der Waals surface area contributed by atoms with Gasteiger partial charge in [-0.25, -0.2) is 0 Å². The Labute approximate surface area is 172 Å². The van der Waals surface area contributed by atoms with Gasteiger partial charge in [-0.05, 0) is 12.8 Å². The molecule has 29 heavy (non-hydrogen) atoms. The predicted molar refractivity (Wildman–Crippen MR) is 103 cm³/mol. The summed E-state index contributed by atoms with van der Waals surface area (Å²) < 4.78 is 25.9. The predicted octanol–water partition coefficient (Wildman–Crippen LogP) is -0.738. The van der Waals surface area contributed by atoms with Crippen LogP contribution in [0.1, 0.15) is 26.2 Å². The van der Waals surface area contributed by atoms with Gasteiger partial charge < -0.3 is 48.8 Å². The standard InChI is InChI=1S/C17H34NO10P/c1-11-15(21)16(22)13(9-19)27-17(11)26-7-5-4-6-14(20)18-8-12(10-24-2)28-29(23)25-3/h11-13,15-17,19,21-23H,4-10H2,1-3H3,(H,18,20)/t11?,12?,13?,15?,16-,17+,29?/m0/s1. The highest BCUT2D eigenvalue weighted by Crippen LogP contribution is 2.33. The molecule has 1 aliphatic heterocycles. The summed E-state index contributed by atoms with van der Waals surface area (Å²) in [5.74, 6) is -0.617. The molecule has 1 fully saturated rings. The van der Waals surface area contributed by atoms with E-state index < -0.39 is 51.8 Å². The fourth-order valence-corrected chi connectivity index (χ4v) is 3.27. The van der Waals surface area contributed by atoms with Gasteiger partial charge in [0.15, 0.2) is 6.29 Å². The minimum absolute atomic E-state index is 0.171. The second kappa shape index (κ2) is 14.5. The molecular formula is C17H34NO10P. The second-order valence-corrected chi connectivity index (χ2v) is 7.85. The molecule has 1 heterocycles. The fourth-order valence-electron chi connectivity index (χ4n) is 2.80. The molecule has 0 aromatic rings. The monoisotopic (exact) mass is 443 g/mol. The Kier molecular flexibility index (Phi) is 13.3. The first-order valence-electron chi connectivity index (χ1n) is 9.53. The van der Waals surface area contributed by atoms with E-state index in [-0.39, 0.29) is 25.5 Å². The highest BCUT2D eigenvalue weighted by atomic mass is 31.2. The lowest BCUT2D eigenvalue weighted by molar-refractivity contribution is -0.282. The highest BCUT2D eigenvalue weighted by molar-refractivity contribution is 7.40. The molecule has 0 aromatic heterocycles. The number of carbonyl (C=O) groups excluding carboxylic acids is 1. The van der Waals surface area contributed by atoms with Crippen LogP contribution in [0.25, 0.3) is 0 Å². The van der Waals surface area contributed by atoms with Gasteiger partial charge in [-0.3, -0.25) is 4.79 Å². The molecular weight excluding hydrogens is 409 g/mol. The van der Waals surface area contributed by atoms with Crippen molar-refractivity contribution in [2.75, 3.05) is 40.6 Å². The molecule has 5 N–H and O–H groups in total. The van der Waals surface area contributed by atoms with Crippen LogP contribution < -0.4 is 5.32 Å². The number of hydrogen-bond donors (Lipinski definition) is 5. The first kappa shape index (κ1) is 26.6. The molecule has 11 nitrogen and oxygen atoms in total. The number of hydrogen-bond acceptors (Lipinski definition) is 10. The van der Waals surface area contributed by atoms with Crippen molar-refractivity contribution in [1.82, 2.24) is 5.32 Å². The first-order valence-corrected chi connectivity index (χ1v) is 10.7. The summed E-state index contributed by atoms with van der Waals surface area (Å²) in [5.41, 5.74) is 0. The first-order chi connectivity index (χ1) is 13.8. The average Bonchev–Trinajstić information content (AvgIpc) is 2.71. The van der Waals surface area contributed by atoms with Gasteiger partial charge in [-0.1, -0.05) is 6.92 Å². The molecule has 1 amide bonds. The molecule has 12 heteroatoms. The molecule has 0 bridgehead atoms. The Bertz CT molecular complexity index is 458. The van der Waals surface area contributed by atoms with Crippen molar-refractivity contribution in [2.45, 2.75) is 56.9 Å². The van der Waals surface area contributed by atoms with Crippen molar-refractivity contribution in [2.24, 2.45) is 5.92 Å². The van der Waals surface area contributed by atoms with Crippen molar-refractivity contribution < 1.29 is 48.3 Å². The molecule has 5 unspecified atom stereocenters.